The number of nitro groups is 1. The Morgan fingerprint density at radius 3 is 2.73 bits per heavy atom. The van der Waals surface area contributed by atoms with Crippen molar-refractivity contribution in [2.45, 2.75) is 13.5 Å². The van der Waals surface area contributed by atoms with Crippen molar-refractivity contribution in [2.24, 2.45) is 7.05 Å². The highest BCUT2D eigenvalue weighted by Gasteiger charge is 2.17. The molecule has 0 radical (unpaired) electrons. The minimum atomic E-state index is -0.509. The lowest BCUT2D eigenvalue weighted by atomic mass is 10.1. The maximum absolute atomic E-state index is 11.6. The Kier molecular flexibility index (Phi) is 4.40. The van der Waals surface area contributed by atoms with Gasteiger partial charge < -0.3 is 10.6 Å². The standard InChI is InChI=1S/C14H17N5O3/c1-9-11(8-17-18(9)3)7-16-12-5-4-10(14(20)15-2)6-13(12)19(21)22/h4-6,8,16H,7H2,1-3H3,(H,15,20). The lowest BCUT2D eigenvalue weighted by Crippen LogP contribution is -2.18. The fourth-order valence-corrected chi connectivity index (χ4v) is 2.03. The van der Waals surface area contributed by atoms with Crippen LogP contribution in [-0.4, -0.2) is 27.7 Å². The molecule has 1 aromatic heterocycles. The highest BCUT2D eigenvalue weighted by atomic mass is 16.6. The Balaban J connectivity index is 2.25. The van der Waals surface area contributed by atoms with Crippen LogP contribution in [0.3, 0.4) is 0 Å². The molecule has 22 heavy (non-hydrogen) atoms. The van der Waals surface area contributed by atoms with E-state index < -0.39 is 4.92 Å². The number of nitrogens with one attached hydrogen (secondary N) is 2. The third kappa shape index (κ3) is 3.05. The summed E-state index contributed by atoms with van der Waals surface area (Å²) in [5.74, 6) is -0.363. The van der Waals surface area contributed by atoms with Crippen molar-refractivity contribution in [3.63, 3.8) is 0 Å². The van der Waals surface area contributed by atoms with Crippen molar-refractivity contribution in [1.29, 1.82) is 0 Å². The number of anilines is 1. The van der Waals surface area contributed by atoms with Crippen molar-refractivity contribution < 1.29 is 9.72 Å². The highest BCUT2D eigenvalue weighted by molar-refractivity contribution is 5.95. The lowest BCUT2D eigenvalue weighted by molar-refractivity contribution is -0.384. The lowest BCUT2D eigenvalue weighted by Gasteiger charge is -2.08. The van der Waals surface area contributed by atoms with Gasteiger partial charge in [0.25, 0.3) is 11.6 Å². The fourth-order valence-electron chi connectivity index (χ4n) is 2.03. The minimum Gasteiger partial charge on any atom is -0.375 e. The number of amides is 1. The molecule has 8 heteroatoms. The Hall–Kier alpha value is -2.90. The summed E-state index contributed by atoms with van der Waals surface area (Å²) < 4.78 is 1.74. The molecule has 2 aromatic rings. The van der Waals surface area contributed by atoms with Gasteiger partial charge in [-0.15, -0.1) is 0 Å². The summed E-state index contributed by atoms with van der Waals surface area (Å²) in [6, 6.07) is 4.34. The number of nitro benzene ring substituents is 1. The second kappa shape index (κ2) is 6.25. The molecule has 0 fully saturated rings. The molecule has 0 saturated heterocycles. The summed E-state index contributed by atoms with van der Waals surface area (Å²) in [5, 5.41) is 20.8. The van der Waals surface area contributed by atoms with E-state index in [0.29, 0.717) is 12.2 Å². The molecule has 2 N–H and O–H groups in total. The molecule has 0 spiro atoms. The van der Waals surface area contributed by atoms with Gasteiger partial charge >= 0.3 is 0 Å². The Bertz CT molecular complexity index is 723. The topological polar surface area (TPSA) is 102 Å². The molecule has 0 unspecified atom stereocenters. The molecule has 0 aliphatic heterocycles. The Labute approximate surface area is 127 Å². The van der Waals surface area contributed by atoms with Crippen LogP contribution in [0.25, 0.3) is 0 Å². The van der Waals surface area contributed by atoms with Crippen molar-refractivity contribution >= 4 is 17.3 Å². The third-order valence-corrected chi connectivity index (χ3v) is 3.49. The van der Waals surface area contributed by atoms with Crippen LogP contribution in [0, 0.1) is 17.0 Å². The van der Waals surface area contributed by atoms with Gasteiger partial charge in [-0.2, -0.15) is 5.10 Å². The maximum atomic E-state index is 11.6. The van der Waals surface area contributed by atoms with E-state index in [1.165, 1.54) is 19.2 Å². The van der Waals surface area contributed by atoms with Crippen LogP contribution in [0.2, 0.25) is 0 Å². The normalized spacial score (nSPS) is 10.3. The molecule has 0 bridgehead atoms. The van der Waals surface area contributed by atoms with Crippen LogP contribution in [0.1, 0.15) is 21.6 Å². The summed E-state index contributed by atoms with van der Waals surface area (Å²) in [7, 11) is 3.31. The minimum absolute atomic E-state index is 0.136. The fraction of sp³-hybridized carbons (Fsp3) is 0.286. The van der Waals surface area contributed by atoms with Gasteiger partial charge in [-0.3, -0.25) is 19.6 Å². The van der Waals surface area contributed by atoms with E-state index in [-0.39, 0.29) is 17.2 Å². The number of carbonyl (C=O) groups is 1. The van der Waals surface area contributed by atoms with E-state index >= 15 is 0 Å². The van der Waals surface area contributed by atoms with E-state index in [0.717, 1.165) is 11.3 Å². The third-order valence-electron chi connectivity index (χ3n) is 3.49. The Morgan fingerprint density at radius 1 is 1.45 bits per heavy atom. The van der Waals surface area contributed by atoms with E-state index in [9.17, 15) is 14.9 Å². The molecule has 0 atom stereocenters. The van der Waals surface area contributed by atoms with Crippen LogP contribution in [0.5, 0.6) is 0 Å². The molecule has 1 aromatic carbocycles. The first kappa shape index (κ1) is 15.5. The van der Waals surface area contributed by atoms with Crippen molar-refractivity contribution in [3.05, 3.63) is 51.3 Å². The first-order valence-electron chi connectivity index (χ1n) is 6.66. The number of hydrogen-bond acceptors (Lipinski definition) is 5. The smallest absolute Gasteiger partial charge is 0.293 e. The van der Waals surface area contributed by atoms with Gasteiger partial charge in [0.15, 0.2) is 0 Å². The number of nitrogens with zero attached hydrogens (tertiary/aromatic N) is 3. The summed E-state index contributed by atoms with van der Waals surface area (Å²) in [4.78, 5) is 22.2. The van der Waals surface area contributed by atoms with Gasteiger partial charge in [-0.05, 0) is 19.1 Å². The molecule has 1 amide bonds. The van der Waals surface area contributed by atoms with E-state index in [1.807, 2.05) is 14.0 Å². The predicted octanol–water partition coefficient (Wildman–Crippen LogP) is 1.61. The quantitative estimate of drug-likeness (QED) is 0.645. The van der Waals surface area contributed by atoms with Crippen LogP contribution in [-0.2, 0) is 13.6 Å². The molecular weight excluding hydrogens is 286 g/mol. The highest BCUT2D eigenvalue weighted by Crippen LogP contribution is 2.26. The summed E-state index contributed by atoms with van der Waals surface area (Å²) in [5.41, 5.74) is 2.41. The van der Waals surface area contributed by atoms with Crippen LogP contribution < -0.4 is 10.6 Å². The molecule has 2 rings (SSSR count). The monoisotopic (exact) mass is 303 g/mol. The van der Waals surface area contributed by atoms with Gasteiger partial charge in [0.2, 0.25) is 0 Å². The number of rotatable bonds is 5. The number of benzene rings is 1. The van der Waals surface area contributed by atoms with Gasteiger partial charge in [-0.1, -0.05) is 0 Å². The summed E-state index contributed by atoms with van der Waals surface area (Å²) in [6.45, 7) is 2.34. The average Bonchev–Trinajstić information content (AvgIpc) is 2.83. The van der Waals surface area contributed by atoms with Crippen LogP contribution in [0.4, 0.5) is 11.4 Å². The predicted molar refractivity (Wildman–Crippen MR) is 81.8 cm³/mol. The van der Waals surface area contributed by atoms with Crippen molar-refractivity contribution in [1.82, 2.24) is 15.1 Å². The van der Waals surface area contributed by atoms with Gasteiger partial charge in [-0.25, -0.2) is 0 Å². The van der Waals surface area contributed by atoms with E-state index in [1.54, 1.807) is 16.9 Å². The van der Waals surface area contributed by atoms with Crippen molar-refractivity contribution in [3.8, 4) is 0 Å². The zero-order valence-electron chi connectivity index (χ0n) is 12.6. The Morgan fingerprint density at radius 2 is 2.18 bits per heavy atom. The molecule has 0 saturated carbocycles. The molecule has 0 aliphatic carbocycles. The zero-order chi connectivity index (χ0) is 16.3. The molecule has 8 nitrogen and oxygen atoms in total. The average molecular weight is 303 g/mol. The molecule has 116 valence electrons. The van der Waals surface area contributed by atoms with E-state index in [2.05, 4.69) is 15.7 Å². The molecular formula is C14H17N5O3. The summed E-state index contributed by atoms with van der Waals surface area (Å²) in [6.07, 6.45) is 1.72. The van der Waals surface area contributed by atoms with E-state index in [4.69, 9.17) is 0 Å². The van der Waals surface area contributed by atoms with Crippen molar-refractivity contribution in [2.75, 3.05) is 12.4 Å². The number of carbonyl (C=O) groups excluding carboxylic acids is 1. The number of aryl methyl sites for hydroxylation is 1. The number of aromatic nitrogens is 2. The molecule has 1 heterocycles. The second-order valence-electron chi connectivity index (χ2n) is 4.80. The SMILES string of the molecule is CNC(=O)c1ccc(NCc2cnn(C)c2C)c([N+](=O)[O-])c1. The van der Waals surface area contributed by atoms with Crippen LogP contribution in [0.15, 0.2) is 24.4 Å². The van der Waals surface area contributed by atoms with Crippen LogP contribution >= 0.6 is 0 Å². The first-order chi connectivity index (χ1) is 10.4. The first-order valence-corrected chi connectivity index (χ1v) is 6.66. The maximum Gasteiger partial charge on any atom is 0.293 e. The van der Waals surface area contributed by atoms with Gasteiger partial charge in [0.05, 0.1) is 11.1 Å². The number of hydrogen-bond donors (Lipinski definition) is 2. The second-order valence-corrected chi connectivity index (χ2v) is 4.80. The van der Waals surface area contributed by atoms with Gasteiger partial charge in [0.1, 0.15) is 5.69 Å². The largest absolute Gasteiger partial charge is 0.375 e. The zero-order valence-corrected chi connectivity index (χ0v) is 12.6. The summed E-state index contributed by atoms with van der Waals surface area (Å²) >= 11 is 0. The molecule has 0 aliphatic rings. The van der Waals surface area contributed by atoms with Gasteiger partial charge in [0, 0.05) is 43.5 Å².